The number of aryl methyl sites for hydroxylation is 1. The Hall–Kier alpha value is -3.94. The standard InChI is InChI=1S/C30H35N5O3/c1-21-31-15-14-28(32-21)22-6-5-7-23(20-22)33-29(36)26-8-3-4-9-27(26)30(37)35-18-16-34(17-19-35)24-10-12-25(38-2)13-11-24/h5-7,10-15,20,26-27H,3-4,8-9,16-19H2,1-2H3,(H,33,36). The van der Waals surface area contributed by atoms with Crippen LogP contribution < -0.4 is 15.0 Å². The first-order valence-corrected chi connectivity index (χ1v) is 13.4. The van der Waals surface area contributed by atoms with E-state index in [1.54, 1.807) is 13.3 Å². The van der Waals surface area contributed by atoms with Gasteiger partial charge in [0.2, 0.25) is 11.8 Å². The maximum Gasteiger partial charge on any atom is 0.228 e. The van der Waals surface area contributed by atoms with E-state index in [0.29, 0.717) is 24.6 Å². The Morgan fingerprint density at radius 1 is 0.947 bits per heavy atom. The Morgan fingerprint density at radius 2 is 1.68 bits per heavy atom. The average Bonchev–Trinajstić information content (AvgIpc) is 2.97. The normalized spacial score (nSPS) is 19.6. The highest BCUT2D eigenvalue weighted by Crippen LogP contribution is 2.33. The lowest BCUT2D eigenvalue weighted by molar-refractivity contribution is -0.142. The summed E-state index contributed by atoms with van der Waals surface area (Å²) in [4.78, 5) is 39.9. The molecule has 1 saturated carbocycles. The van der Waals surface area contributed by atoms with Crippen LogP contribution in [0.2, 0.25) is 0 Å². The molecule has 38 heavy (non-hydrogen) atoms. The molecule has 1 saturated heterocycles. The summed E-state index contributed by atoms with van der Waals surface area (Å²) in [5.41, 5.74) is 3.58. The van der Waals surface area contributed by atoms with Crippen molar-refractivity contribution in [3.05, 3.63) is 66.6 Å². The minimum atomic E-state index is -0.319. The van der Waals surface area contributed by atoms with Crippen LogP contribution in [0.1, 0.15) is 31.5 Å². The maximum absolute atomic E-state index is 13.6. The van der Waals surface area contributed by atoms with E-state index in [1.807, 2.05) is 54.3 Å². The summed E-state index contributed by atoms with van der Waals surface area (Å²) in [5.74, 6) is 0.982. The van der Waals surface area contributed by atoms with E-state index in [-0.39, 0.29) is 23.7 Å². The topological polar surface area (TPSA) is 87.7 Å². The minimum absolute atomic E-state index is 0.0732. The van der Waals surface area contributed by atoms with Crippen LogP contribution in [0.5, 0.6) is 5.75 Å². The number of nitrogens with one attached hydrogen (secondary N) is 1. The van der Waals surface area contributed by atoms with Gasteiger partial charge in [-0.25, -0.2) is 9.97 Å². The van der Waals surface area contributed by atoms with E-state index in [0.717, 1.165) is 61.5 Å². The third-order valence-corrected chi connectivity index (χ3v) is 7.65. The third-order valence-electron chi connectivity index (χ3n) is 7.65. The summed E-state index contributed by atoms with van der Waals surface area (Å²) in [6, 6.07) is 17.6. The van der Waals surface area contributed by atoms with E-state index in [4.69, 9.17) is 4.74 Å². The van der Waals surface area contributed by atoms with E-state index >= 15 is 0 Å². The van der Waals surface area contributed by atoms with Crippen LogP contribution >= 0.6 is 0 Å². The molecule has 2 fully saturated rings. The molecule has 8 heteroatoms. The molecule has 1 aliphatic heterocycles. The van der Waals surface area contributed by atoms with Crippen LogP contribution in [0.4, 0.5) is 11.4 Å². The van der Waals surface area contributed by atoms with Crippen LogP contribution in [0, 0.1) is 18.8 Å². The predicted molar refractivity (Wildman–Crippen MR) is 148 cm³/mol. The zero-order valence-electron chi connectivity index (χ0n) is 22.1. The van der Waals surface area contributed by atoms with E-state index < -0.39 is 0 Å². The molecular formula is C30H35N5O3. The van der Waals surface area contributed by atoms with Crippen molar-refractivity contribution in [2.45, 2.75) is 32.6 Å². The lowest BCUT2D eigenvalue weighted by atomic mass is 9.77. The van der Waals surface area contributed by atoms with Gasteiger partial charge in [0.1, 0.15) is 11.6 Å². The summed E-state index contributed by atoms with van der Waals surface area (Å²) >= 11 is 0. The van der Waals surface area contributed by atoms with Gasteiger partial charge in [0.25, 0.3) is 0 Å². The molecule has 2 amide bonds. The van der Waals surface area contributed by atoms with Crippen LogP contribution in [0.3, 0.4) is 0 Å². The van der Waals surface area contributed by atoms with Gasteiger partial charge in [-0.2, -0.15) is 0 Å². The van der Waals surface area contributed by atoms with Gasteiger partial charge >= 0.3 is 0 Å². The van der Waals surface area contributed by atoms with Crippen molar-refractivity contribution in [1.82, 2.24) is 14.9 Å². The van der Waals surface area contributed by atoms with Crippen LogP contribution in [0.25, 0.3) is 11.3 Å². The molecule has 1 N–H and O–H groups in total. The van der Waals surface area contributed by atoms with Crippen molar-refractivity contribution < 1.29 is 14.3 Å². The van der Waals surface area contributed by atoms with Gasteiger partial charge in [0, 0.05) is 61.1 Å². The van der Waals surface area contributed by atoms with E-state index in [2.05, 4.69) is 32.3 Å². The van der Waals surface area contributed by atoms with Crippen molar-refractivity contribution in [2.24, 2.45) is 11.8 Å². The number of piperazine rings is 1. The molecule has 2 unspecified atom stereocenters. The Labute approximate surface area is 224 Å². The maximum atomic E-state index is 13.6. The number of amides is 2. The number of methoxy groups -OCH3 is 1. The summed E-state index contributed by atoms with van der Waals surface area (Å²) < 4.78 is 5.26. The molecule has 0 bridgehead atoms. The quantitative estimate of drug-likeness (QED) is 0.520. The molecule has 1 aromatic heterocycles. The summed E-state index contributed by atoms with van der Waals surface area (Å²) in [6.45, 7) is 4.73. The van der Waals surface area contributed by atoms with Crippen LogP contribution in [-0.2, 0) is 9.59 Å². The van der Waals surface area contributed by atoms with Gasteiger partial charge in [-0.15, -0.1) is 0 Å². The molecule has 2 aromatic carbocycles. The molecule has 8 nitrogen and oxygen atoms in total. The number of hydrogen-bond donors (Lipinski definition) is 1. The lowest BCUT2D eigenvalue weighted by Gasteiger charge is -2.39. The summed E-state index contributed by atoms with van der Waals surface area (Å²) in [6.07, 6.45) is 5.18. The first kappa shape index (κ1) is 25.7. The number of rotatable bonds is 6. The van der Waals surface area contributed by atoms with Crippen molar-refractivity contribution in [3.63, 3.8) is 0 Å². The van der Waals surface area contributed by atoms with Gasteiger partial charge in [-0.1, -0.05) is 25.0 Å². The highest BCUT2D eigenvalue weighted by atomic mass is 16.5. The smallest absolute Gasteiger partial charge is 0.228 e. The summed E-state index contributed by atoms with van der Waals surface area (Å²) in [5, 5.41) is 3.09. The number of hydrogen-bond acceptors (Lipinski definition) is 6. The SMILES string of the molecule is COc1ccc(N2CCN(C(=O)C3CCCCC3C(=O)Nc3cccc(-c4ccnc(C)n4)c3)CC2)cc1. The second kappa shape index (κ2) is 11.6. The van der Waals surface area contributed by atoms with Crippen LogP contribution in [-0.4, -0.2) is 60.0 Å². The number of aromatic nitrogens is 2. The van der Waals surface area contributed by atoms with Gasteiger partial charge in [-0.05, 0) is 62.2 Å². The second-order valence-corrected chi connectivity index (χ2v) is 10.1. The molecule has 3 aromatic rings. The molecule has 1 aliphatic carbocycles. The predicted octanol–water partition coefficient (Wildman–Crippen LogP) is 4.55. The highest BCUT2D eigenvalue weighted by Gasteiger charge is 2.38. The molecule has 2 heterocycles. The van der Waals surface area contributed by atoms with Gasteiger partial charge < -0.3 is 19.9 Å². The molecular weight excluding hydrogens is 478 g/mol. The first-order chi connectivity index (χ1) is 18.5. The Kier molecular flexibility index (Phi) is 7.86. The van der Waals surface area contributed by atoms with E-state index in [1.165, 1.54) is 0 Å². The van der Waals surface area contributed by atoms with E-state index in [9.17, 15) is 9.59 Å². The Balaban J connectivity index is 1.22. The average molecular weight is 514 g/mol. The summed E-state index contributed by atoms with van der Waals surface area (Å²) in [7, 11) is 1.66. The Bertz CT molecular complexity index is 1270. The molecule has 198 valence electrons. The van der Waals surface area contributed by atoms with Crippen molar-refractivity contribution >= 4 is 23.2 Å². The van der Waals surface area contributed by atoms with Gasteiger partial charge in [0.15, 0.2) is 0 Å². The Morgan fingerprint density at radius 3 is 2.39 bits per heavy atom. The fraction of sp³-hybridized carbons (Fsp3) is 0.400. The zero-order chi connectivity index (χ0) is 26.5. The number of carbonyl (C=O) groups excluding carboxylic acids is 2. The van der Waals surface area contributed by atoms with Crippen molar-refractivity contribution in [2.75, 3.05) is 43.5 Å². The lowest BCUT2D eigenvalue weighted by Crippen LogP contribution is -2.52. The molecule has 2 aliphatic rings. The highest BCUT2D eigenvalue weighted by molar-refractivity contribution is 5.96. The number of anilines is 2. The number of ether oxygens (including phenoxy) is 1. The number of carbonyl (C=O) groups is 2. The molecule has 2 atom stereocenters. The molecule has 0 radical (unpaired) electrons. The van der Waals surface area contributed by atoms with Crippen molar-refractivity contribution in [1.29, 1.82) is 0 Å². The molecule has 0 spiro atoms. The molecule has 5 rings (SSSR count). The van der Waals surface area contributed by atoms with Gasteiger partial charge in [0.05, 0.1) is 12.8 Å². The largest absolute Gasteiger partial charge is 0.497 e. The fourth-order valence-corrected chi connectivity index (χ4v) is 5.56. The first-order valence-electron chi connectivity index (χ1n) is 13.4. The number of benzene rings is 2. The fourth-order valence-electron chi connectivity index (χ4n) is 5.56. The monoisotopic (exact) mass is 513 g/mol. The van der Waals surface area contributed by atoms with Crippen molar-refractivity contribution in [3.8, 4) is 17.0 Å². The minimum Gasteiger partial charge on any atom is -0.497 e. The van der Waals surface area contributed by atoms with Crippen LogP contribution in [0.15, 0.2) is 60.8 Å². The van der Waals surface area contributed by atoms with Gasteiger partial charge in [-0.3, -0.25) is 9.59 Å². The zero-order valence-corrected chi connectivity index (χ0v) is 22.1. The second-order valence-electron chi connectivity index (χ2n) is 10.1. The third kappa shape index (κ3) is 5.79. The number of nitrogens with zero attached hydrogens (tertiary/aromatic N) is 4.